The maximum absolute atomic E-state index is 9.62. The lowest BCUT2D eigenvalue weighted by Gasteiger charge is -2.04. The van der Waals surface area contributed by atoms with Gasteiger partial charge in [0, 0.05) is 16.7 Å². The van der Waals surface area contributed by atoms with E-state index in [1.54, 1.807) is 13.0 Å². The highest BCUT2D eigenvalue weighted by atomic mass is 32.1. The van der Waals surface area contributed by atoms with E-state index in [1.165, 1.54) is 0 Å². The van der Waals surface area contributed by atoms with Gasteiger partial charge in [-0.1, -0.05) is 6.07 Å². The van der Waals surface area contributed by atoms with E-state index in [9.17, 15) is 5.11 Å². The largest absolute Gasteiger partial charge is 0.506 e. The van der Waals surface area contributed by atoms with Gasteiger partial charge in [-0.25, -0.2) is 4.98 Å². The summed E-state index contributed by atoms with van der Waals surface area (Å²) in [5.41, 5.74) is 2.58. The lowest BCUT2D eigenvalue weighted by atomic mass is 10.1. The highest BCUT2D eigenvalue weighted by Gasteiger charge is 2.03. The molecule has 0 aliphatic rings. The van der Waals surface area contributed by atoms with Crippen LogP contribution in [0.2, 0.25) is 0 Å². The van der Waals surface area contributed by atoms with Crippen LogP contribution in [0.15, 0.2) is 29.2 Å². The number of benzene rings is 1. The van der Waals surface area contributed by atoms with E-state index < -0.39 is 0 Å². The molecule has 0 fully saturated rings. The zero-order chi connectivity index (χ0) is 12.4. The molecule has 4 heteroatoms. The molecule has 1 heterocycles. The van der Waals surface area contributed by atoms with Crippen molar-refractivity contribution in [2.45, 2.75) is 13.3 Å². The number of allylic oxidation sites excluding steroid dienone is 1. The van der Waals surface area contributed by atoms with Gasteiger partial charge in [0.15, 0.2) is 0 Å². The zero-order valence-electron chi connectivity index (χ0n) is 9.27. The van der Waals surface area contributed by atoms with Crippen molar-refractivity contribution in [3.63, 3.8) is 0 Å². The molecule has 0 saturated carbocycles. The van der Waals surface area contributed by atoms with Gasteiger partial charge in [0.25, 0.3) is 0 Å². The van der Waals surface area contributed by atoms with Crippen molar-refractivity contribution < 1.29 is 5.11 Å². The molecule has 0 bridgehead atoms. The van der Waals surface area contributed by atoms with Crippen LogP contribution in [0.5, 0.6) is 5.75 Å². The number of aryl methyl sites for hydroxylation is 1. The van der Waals surface area contributed by atoms with Crippen molar-refractivity contribution in [2.75, 3.05) is 0 Å². The van der Waals surface area contributed by atoms with Gasteiger partial charge in [-0.05, 0) is 47.9 Å². The number of pyridine rings is 1. The molecule has 86 valence electrons. The fourth-order valence-electron chi connectivity index (χ4n) is 1.65. The molecule has 1 aromatic heterocycles. The van der Waals surface area contributed by atoms with Crippen molar-refractivity contribution in [2.24, 2.45) is 0 Å². The first-order valence-corrected chi connectivity index (χ1v) is 5.98. The Morgan fingerprint density at radius 3 is 2.94 bits per heavy atom. The monoisotopic (exact) mass is 261 g/mol. The van der Waals surface area contributed by atoms with Gasteiger partial charge in [0.2, 0.25) is 0 Å². The van der Waals surface area contributed by atoms with Crippen LogP contribution in [0, 0.1) is 6.92 Å². The maximum Gasteiger partial charge on any atom is 0.137 e. The quantitative estimate of drug-likeness (QED) is 0.643. The van der Waals surface area contributed by atoms with Gasteiger partial charge in [0.1, 0.15) is 5.75 Å². The fourth-order valence-corrected chi connectivity index (χ4v) is 1.91. The van der Waals surface area contributed by atoms with Crippen molar-refractivity contribution in [1.29, 1.82) is 0 Å². The minimum absolute atomic E-state index is 0.214. The summed E-state index contributed by atoms with van der Waals surface area (Å²) in [7, 11) is 0. The van der Waals surface area contributed by atoms with E-state index in [4.69, 9.17) is 12.2 Å². The van der Waals surface area contributed by atoms with Gasteiger partial charge in [-0.3, -0.25) is 0 Å². The van der Waals surface area contributed by atoms with E-state index in [0.29, 0.717) is 12.1 Å². The Bertz CT molecular complexity index is 631. The molecule has 0 saturated heterocycles. The number of aromatic hydroxyl groups is 1. The molecule has 17 heavy (non-hydrogen) atoms. The molecule has 0 atom stereocenters. The van der Waals surface area contributed by atoms with E-state index in [0.717, 1.165) is 21.4 Å². The lowest BCUT2D eigenvalue weighted by molar-refractivity contribution is 0.469. The minimum Gasteiger partial charge on any atom is -0.506 e. The topological polar surface area (TPSA) is 33.1 Å². The lowest BCUT2D eigenvalue weighted by Crippen LogP contribution is -1.89. The maximum atomic E-state index is 9.62. The highest BCUT2D eigenvalue weighted by molar-refractivity contribution is 7.87. The van der Waals surface area contributed by atoms with Gasteiger partial charge >= 0.3 is 0 Å². The summed E-state index contributed by atoms with van der Waals surface area (Å²) < 4.78 is 0. The van der Waals surface area contributed by atoms with Crippen LogP contribution in [0.3, 0.4) is 0 Å². The molecule has 0 unspecified atom stereocenters. The van der Waals surface area contributed by atoms with Gasteiger partial charge in [0.05, 0.1) is 11.2 Å². The van der Waals surface area contributed by atoms with Gasteiger partial charge in [-0.15, -0.1) is 12.6 Å². The summed E-state index contributed by atoms with van der Waals surface area (Å²) in [6, 6.07) is 7.61. The summed E-state index contributed by atoms with van der Waals surface area (Å²) in [6.07, 6.45) is 0.650. The van der Waals surface area contributed by atoms with Crippen LogP contribution in [-0.2, 0) is 6.42 Å². The molecular weight excluding hydrogens is 250 g/mol. The van der Waals surface area contributed by atoms with Crippen molar-refractivity contribution in [3.05, 3.63) is 40.4 Å². The first-order valence-electron chi connectivity index (χ1n) is 5.12. The number of fused-ring (bicyclic) bond motifs is 1. The third-order valence-corrected chi connectivity index (χ3v) is 3.20. The second-order valence-electron chi connectivity index (χ2n) is 3.85. The van der Waals surface area contributed by atoms with Crippen LogP contribution in [0.1, 0.15) is 11.3 Å². The van der Waals surface area contributed by atoms with Crippen molar-refractivity contribution in [1.82, 2.24) is 4.98 Å². The highest BCUT2D eigenvalue weighted by Crippen LogP contribution is 2.23. The molecule has 2 rings (SSSR count). The summed E-state index contributed by atoms with van der Waals surface area (Å²) >= 11 is 8.90. The molecule has 0 radical (unpaired) electrons. The van der Waals surface area contributed by atoms with E-state index in [1.807, 2.05) is 18.2 Å². The number of rotatable bonds is 2. The van der Waals surface area contributed by atoms with Crippen molar-refractivity contribution >= 4 is 40.8 Å². The molecule has 0 amide bonds. The Labute approximate surface area is 110 Å². The van der Waals surface area contributed by atoms with Crippen LogP contribution in [-0.4, -0.2) is 15.1 Å². The standard InChI is InChI=1S/C13H11NOS2/c1-8-13(15)6-10-4-9(5-11(17)7-16)2-3-12(10)14-8/h2-4,6,15,17H,5H2,1H3. The van der Waals surface area contributed by atoms with Crippen LogP contribution >= 0.6 is 24.8 Å². The summed E-state index contributed by atoms with van der Waals surface area (Å²) in [5, 5.41) is 13.1. The predicted octanol–water partition coefficient (Wildman–Crippen LogP) is 3.20. The number of thiol groups is 1. The third kappa shape index (κ3) is 2.67. The Balaban J connectivity index is 2.50. The molecule has 0 aliphatic heterocycles. The van der Waals surface area contributed by atoms with Crippen molar-refractivity contribution in [3.8, 4) is 5.75 Å². The summed E-state index contributed by atoms with van der Waals surface area (Å²) in [4.78, 5) is 5.03. The second kappa shape index (κ2) is 4.88. The van der Waals surface area contributed by atoms with E-state index >= 15 is 0 Å². The average molecular weight is 261 g/mol. The summed E-state index contributed by atoms with van der Waals surface area (Å²) in [6.45, 7) is 1.78. The number of nitrogens with zero attached hydrogens (tertiary/aromatic N) is 1. The normalized spacial score (nSPS) is 10.2. The second-order valence-corrected chi connectivity index (χ2v) is 4.59. The Kier molecular flexibility index (Phi) is 3.48. The molecule has 1 N–H and O–H groups in total. The minimum atomic E-state index is 0.214. The number of aromatic nitrogens is 1. The molecule has 2 nitrogen and oxygen atoms in total. The van der Waals surface area contributed by atoms with Gasteiger partial charge in [-0.2, -0.15) is 0 Å². The first kappa shape index (κ1) is 12.1. The van der Waals surface area contributed by atoms with Crippen LogP contribution in [0.4, 0.5) is 0 Å². The SMILES string of the molecule is Cc1nc2ccc(CC(S)=C=S)cc2cc1O. The smallest absolute Gasteiger partial charge is 0.137 e. The van der Waals surface area contributed by atoms with E-state index in [-0.39, 0.29) is 5.75 Å². The zero-order valence-corrected chi connectivity index (χ0v) is 11.0. The number of hydrogen-bond acceptors (Lipinski definition) is 4. The first-order chi connectivity index (χ1) is 8.10. The molecule has 0 aliphatic carbocycles. The molecule has 0 spiro atoms. The molecule has 1 aromatic carbocycles. The Morgan fingerprint density at radius 2 is 2.24 bits per heavy atom. The fraction of sp³-hybridized carbons (Fsp3) is 0.154. The molecular formula is C13H11NOS2. The number of thiocarbonyl (C=S) groups is 1. The average Bonchev–Trinajstić information content (AvgIpc) is 2.31. The van der Waals surface area contributed by atoms with Gasteiger partial charge < -0.3 is 5.11 Å². The van der Waals surface area contributed by atoms with Crippen LogP contribution in [0.25, 0.3) is 10.9 Å². The van der Waals surface area contributed by atoms with Crippen LogP contribution < -0.4 is 0 Å². The van der Waals surface area contributed by atoms with E-state index in [2.05, 4.69) is 22.6 Å². The molecule has 2 aromatic rings. The third-order valence-electron chi connectivity index (χ3n) is 2.53. The number of hydrogen-bond donors (Lipinski definition) is 2. The predicted molar refractivity (Wildman–Crippen MR) is 76.9 cm³/mol. The summed E-state index contributed by atoms with van der Waals surface area (Å²) in [5.74, 6) is 0.214. The Hall–Kier alpha value is -1.35. The Morgan fingerprint density at radius 1 is 1.47 bits per heavy atom.